The molecule has 0 radical (unpaired) electrons. The first kappa shape index (κ1) is 10.7. The molecule has 0 aliphatic heterocycles. The Morgan fingerprint density at radius 3 is 2.73 bits per heavy atom. The van der Waals surface area contributed by atoms with Crippen molar-refractivity contribution < 1.29 is 9.84 Å². The lowest BCUT2D eigenvalue weighted by Crippen LogP contribution is -2.20. The van der Waals surface area contributed by atoms with E-state index in [1.807, 2.05) is 18.2 Å². The second-order valence-corrected chi connectivity index (χ2v) is 4.21. The molecule has 2 nitrogen and oxygen atoms in total. The molecule has 2 atom stereocenters. The Morgan fingerprint density at radius 2 is 2.00 bits per heavy atom. The van der Waals surface area contributed by atoms with Gasteiger partial charge in [0.2, 0.25) is 0 Å². The van der Waals surface area contributed by atoms with Crippen molar-refractivity contribution in [2.45, 2.75) is 32.0 Å². The smallest absolute Gasteiger partial charge is 0.0720 e. The summed E-state index contributed by atoms with van der Waals surface area (Å²) in [5.41, 5.74) is 1.21. The van der Waals surface area contributed by atoms with Gasteiger partial charge in [-0.25, -0.2) is 0 Å². The zero-order chi connectivity index (χ0) is 10.5. The van der Waals surface area contributed by atoms with Crippen LogP contribution in [-0.4, -0.2) is 17.8 Å². The molecule has 1 aromatic carbocycles. The van der Waals surface area contributed by atoms with Crippen molar-refractivity contribution >= 4 is 0 Å². The SMILES string of the molecule is OCC1CCCC1OCc1ccccc1. The topological polar surface area (TPSA) is 29.5 Å². The fourth-order valence-corrected chi connectivity index (χ4v) is 2.21. The quantitative estimate of drug-likeness (QED) is 0.819. The molecular weight excluding hydrogens is 188 g/mol. The molecular formula is C13H18O2. The van der Waals surface area contributed by atoms with Crippen molar-refractivity contribution in [3.63, 3.8) is 0 Å². The fraction of sp³-hybridized carbons (Fsp3) is 0.538. The van der Waals surface area contributed by atoms with Crippen molar-refractivity contribution in [2.75, 3.05) is 6.61 Å². The van der Waals surface area contributed by atoms with Gasteiger partial charge < -0.3 is 9.84 Å². The molecule has 2 heteroatoms. The Balaban J connectivity index is 1.83. The first-order valence-electron chi connectivity index (χ1n) is 5.66. The maximum atomic E-state index is 9.15. The Kier molecular flexibility index (Phi) is 3.75. The molecule has 82 valence electrons. The fourth-order valence-electron chi connectivity index (χ4n) is 2.21. The zero-order valence-corrected chi connectivity index (χ0v) is 8.93. The molecule has 1 aliphatic carbocycles. The van der Waals surface area contributed by atoms with Crippen molar-refractivity contribution in [3.8, 4) is 0 Å². The van der Waals surface area contributed by atoms with Crippen LogP contribution in [0.25, 0.3) is 0 Å². The van der Waals surface area contributed by atoms with Crippen molar-refractivity contribution in [1.29, 1.82) is 0 Å². The van der Waals surface area contributed by atoms with Gasteiger partial charge in [0.05, 0.1) is 12.7 Å². The van der Waals surface area contributed by atoms with Crippen LogP contribution in [0.4, 0.5) is 0 Å². The average molecular weight is 206 g/mol. The highest BCUT2D eigenvalue weighted by Gasteiger charge is 2.26. The van der Waals surface area contributed by atoms with Gasteiger partial charge in [-0.2, -0.15) is 0 Å². The van der Waals surface area contributed by atoms with Gasteiger partial charge in [0.15, 0.2) is 0 Å². The van der Waals surface area contributed by atoms with Gasteiger partial charge in [-0.1, -0.05) is 36.8 Å². The Bertz CT molecular complexity index is 284. The number of rotatable bonds is 4. The van der Waals surface area contributed by atoms with Gasteiger partial charge in [-0.15, -0.1) is 0 Å². The minimum atomic E-state index is 0.259. The average Bonchev–Trinajstić information content (AvgIpc) is 2.75. The van der Waals surface area contributed by atoms with E-state index in [0.29, 0.717) is 12.5 Å². The summed E-state index contributed by atoms with van der Waals surface area (Å²) in [5.74, 6) is 0.355. The normalized spacial score (nSPS) is 25.7. The van der Waals surface area contributed by atoms with E-state index in [2.05, 4.69) is 12.1 Å². The Labute approximate surface area is 90.9 Å². The second-order valence-electron chi connectivity index (χ2n) is 4.21. The monoisotopic (exact) mass is 206 g/mol. The summed E-state index contributed by atoms with van der Waals surface area (Å²) in [4.78, 5) is 0. The van der Waals surface area contributed by atoms with Crippen LogP contribution in [0.3, 0.4) is 0 Å². The first-order valence-corrected chi connectivity index (χ1v) is 5.66. The van der Waals surface area contributed by atoms with E-state index in [4.69, 9.17) is 9.84 Å². The van der Waals surface area contributed by atoms with E-state index in [-0.39, 0.29) is 12.7 Å². The van der Waals surface area contributed by atoms with Crippen molar-refractivity contribution in [2.24, 2.45) is 5.92 Å². The minimum absolute atomic E-state index is 0.259. The molecule has 1 N–H and O–H groups in total. The molecule has 1 aliphatic rings. The molecule has 1 aromatic rings. The van der Waals surface area contributed by atoms with E-state index in [1.54, 1.807) is 0 Å². The molecule has 0 saturated heterocycles. The lowest BCUT2D eigenvalue weighted by Gasteiger charge is -2.18. The van der Waals surface area contributed by atoms with Crippen molar-refractivity contribution in [3.05, 3.63) is 35.9 Å². The molecule has 2 unspecified atom stereocenters. The molecule has 0 bridgehead atoms. The van der Waals surface area contributed by atoms with Gasteiger partial charge in [0.1, 0.15) is 0 Å². The van der Waals surface area contributed by atoms with E-state index in [1.165, 1.54) is 12.0 Å². The Morgan fingerprint density at radius 1 is 1.20 bits per heavy atom. The summed E-state index contributed by atoms with van der Waals surface area (Å²) in [7, 11) is 0. The van der Waals surface area contributed by atoms with Gasteiger partial charge in [-0.05, 0) is 18.4 Å². The largest absolute Gasteiger partial charge is 0.396 e. The number of hydrogen-bond acceptors (Lipinski definition) is 2. The number of benzene rings is 1. The predicted molar refractivity (Wildman–Crippen MR) is 59.4 cm³/mol. The summed E-state index contributed by atoms with van der Waals surface area (Å²) in [6.07, 6.45) is 3.65. The lowest BCUT2D eigenvalue weighted by molar-refractivity contribution is 0.000108. The van der Waals surface area contributed by atoms with Crippen LogP contribution in [0.2, 0.25) is 0 Å². The number of ether oxygens (including phenoxy) is 1. The molecule has 2 rings (SSSR count). The highest BCUT2D eigenvalue weighted by atomic mass is 16.5. The van der Waals surface area contributed by atoms with Gasteiger partial charge >= 0.3 is 0 Å². The molecule has 0 spiro atoms. The van der Waals surface area contributed by atoms with Gasteiger partial charge in [0.25, 0.3) is 0 Å². The van der Waals surface area contributed by atoms with Crippen LogP contribution in [-0.2, 0) is 11.3 Å². The maximum Gasteiger partial charge on any atom is 0.0720 e. The maximum absolute atomic E-state index is 9.15. The van der Waals surface area contributed by atoms with E-state index in [0.717, 1.165) is 12.8 Å². The van der Waals surface area contributed by atoms with Crippen LogP contribution in [0.5, 0.6) is 0 Å². The third-order valence-corrected chi connectivity index (χ3v) is 3.13. The summed E-state index contributed by atoms with van der Waals surface area (Å²) >= 11 is 0. The summed E-state index contributed by atoms with van der Waals surface area (Å²) in [5, 5.41) is 9.15. The number of aliphatic hydroxyl groups is 1. The van der Waals surface area contributed by atoms with Crippen LogP contribution in [0.15, 0.2) is 30.3 Å². The molecule has 1 saturated carbocycles. The molecule has 1 fully saturated rings. The Hall–Kier alpha value is -0.860. The molecule has 15 heavy (non-hydrogen) atoms. The molecule has 0 aromatic heterocycles. The van der Waals surface area contributed by atoms with Gasteiger partial charge in [-0.3, -0.25) is 0 Å². The number of aliphatic hydroxyl groups excluding tert-OH is 1. The number of hydrogen-bond donors (Lipinski definition) is 1. The van der Waals surface area contributed by atoms with Crippen LogP contribution < -0.4 is 0 Å². The second kappa shape index (κ2) is 5.29. The summed E-state index contributed by atoms with van der Waals surface area (Å²) in [6.45, 7) is 0.932. The predicted octanol–water partition coefficient (Wildman–Crippen LogP) is 2.36. The van der Waals surface area contributed by atoms with Crippen LogP contribution in [0.1, 0.15) is 24.8 Å². The third-order valence-electron chi connectivity index (χ3n) is 3.13. The van der Waals surface area contributed by atoms with Crippen LogP contribution in [0, 0.1) is 5.92 Å². The molecule has 0 amide bonds. The van der Waals surface area contributed by atoms with E-state index >= 15 is 0 Å². The third kappa shape index (κ3) is 2.80. The van der Waals surface area contributed by atoms with Crippen LogP contribution >= 0.6 is 0 Å². The van der Waals surface area contributed by atoms with E-state index < -0.39 is 0 Å². The summed E-state index contributed by atoms with van der Waals surface area (Å²) < 4.78 is 5.83. The van der Waals surface area contributed by atoms with Gasteiger partial charge in [0, 0.05) is 12.5 Å². The highest BCUT2D eigenvalue weighted by Crippen LogP contribution is 2.28. The first-order chi connectivity index (χ1) is 7.40. The zero-order valence-electron chi connectivity index (χ0n) is 8.93. The minimum Gasteiger partial charge on any atom is -0.396 e. The summed E-state index contributed by atoms with van der Waals surface area (Å²) in [6, 6.07) is 10.2. The molecule has 0 heterocycles. The lowest BCUT2D eigenvalue weighted by atomic mass is 10.1. The highest BCUT2D eigenvalue weighted by molar-refractivity contribution is 5.13. The van der Waals surface area contributed by atoms with E-state index in [9.17, 15) is 0 Å². The van der Waals surface area contributed by atoms with Crippen molar-refractivity contribution in [1.82, 2.24) is 0 Å². The standard InChI is InChI=1S/C13H18O2/c14-9-12-7-4-8-13(12)15-10-11-5-2-1-3-6-11/h1-3,5-6,12-14H,4,7-10H2.